The Morgan fingerprint density at radius 2 is 2.04 bits per heavy atom. The molecule has 2 aliphatic rings. The summed E-state index contributed by atoms with van der Waals surface area (Å²) in [6, 6.07) is 9.50. The lowest BCUT2D eigenvalue weighted by molar-refractivity contribution is -0.127. The highest BCUT2D eigenvalue weighted by Gasteiger charge is 2.22. The number of hydrogen-bond donors (Lipinski definition) is 1. The van der Waals surface area contributed by atoms with Crippen molar-refractivity contribution in [1.29, 1.82) is 5.26 Å². The van der Waals surface area contributed by atoms with Gasteiger partial charge in [-0.2, -0.15) is 5.26 Å². The van der Waals surface area contributed by atoms with Crippen molar-refractivity contribution in [3.8, 4) is 17.6 Å². The van der Waals surface area contributed by atoms with Gasteiger partial charge in [0.05, 0.1) is 6.54 Å². The molecular weight excluding hydrogens is 306 g/mol. The second-order valence-electron chi connectivity index (χ2n) is 5.93. The number of fused-ring (bicyclic) bond motifs is 1. The van der Waals surface area contributed by atoms with E-state index < -0.39 is 0 Å². The second-order valence-corrected chi connectivity index (χ2v) is 5.93. The van der Waals surface area contributed by atoms with Crippen molar-refractivity contribution in [3.05, 3.63) is 36.0 Å². The van der Waals surface area contributed by atoms with Crippen molar-refractivity contribution in [2.45, 2.75) is 25.4 Å². The Hall–Kier alpha value is -2.68. The van der Waals surface area contributed by atoms with Crippen LogP contribution >= 0.6 is 0 Å². The van der Waals surface area contributed by atoms with E-state index in [4.69, 9.17) is 9.47 Å². The standard InChI is InChI=1S/C18H21N3O3/c19-10-14(18(22)21-8-4-1-5-9-21)11-20-12-15-13-23-16-6-2-3-7-17(16)24-15/h2-3,6-7,11,15,20H,1,4-5,8-9,12-13H2/b14-11-. The number of likely N-dealkylation sites (tertiary alicyclic amines) is 1. The molecule has 0 bridgehead atoms. The number of benzene rings is 1. The van der Waals surface area contributed by atoms with Gasteiger partial charge in [-0.3, -0.25) is 4.79 Å². The highest BCUT2D eigenvalue weighted by atomic mass is 16.6. The third-order valence-corrected chi connectivity index (χ3v) is 4.15. The first-order valence-electron chi connectivity index (χ1n) is 8.29. The summed E-state index contributed by atoms with van der Waals surface area (Å²) in [5.74, 6) is 1.25. The van der Waals surface area contributed by atoms with Gasteiger partial charge >= 0.3 is 0 Å². The summed E-state index contributed by atoms with van der Waals surface area (Å²) in [5, 5.41) is 12.3. The number of carbonyl (C=O) groups is 1. The highest BCUT2D eigenvalue weighted by Crippen LogP contribution is 2.30. The number of amides is 1. The Morgan fingerprint density at radius 3 is 2.79 bits per heavy atom. The predicted molar refractivity (Wildman–Crippen MR) is 88.5 cm³/mol. The van der Waals surface area contributed by atoms with E-state index in [1.807, 2.05) is 30.3 Å². The quantitative estimate of drug-likeness (QED) is 0.675. The molecule has 0 aromatic heterocycles. The molecule has 1 N–H and O–H groups in total. The summed E-state index contributed by atoms with van der Waals surface area (Å²) < 4.78 is 11.5. The lowest BCUT2D eigenvalue weighted by Gasteiger charge is -2.27. The van der Waals surface area contributed by atoms with Crippen molar-refractivity contribution in [1.82, 2.24) is 10.2 Å². The molecule has 1 unspecified atom stereocenters. The zero-order chi connectivity index (χ0) is 16.8. The van der Waals surface area contributed by atoms with Gasteiger partial charge in [0.2, 0.25) is 0 Å². The molecular formula is C18H21N3O3. The minimum Gasteiger partial charge on any atom is -0.486 e. The average molecular weight is 327 g/mol. The van der Waals surface area contributed by atoms with Crippen LogP contribution in [0, 0.1) is 11.3 Å². The maximum absolute atomic E-state index is 12.3. The van der Waals surface area contributed by atoms with Gasteiger partial charge < -0.3 is 19.7 Å². The van der Waals surface area contributed by atoms with Gasteiger partial charge in [0.1, 0.15) is 24.4 Å². The number of rotatable bonds is 4. The molecule has 0 spiro atoms. The number of nitrogens with one attached hydrogen (secondary N) is 1. The molecule has 1 amide bonds. The van der Waals surface area contributed by atoms with E-state index in [0.29, 0.717) is 18.9 Å². The maximum Gasteiger partial charge on any atom is 0.265 e. The molecule has 24 heavy (non-hydrogen) atoms. The van der Waals surface area contributed by atoms with Crippen LogP contribution in [-0.2, 0) is 4.79 Å². The number of para-hydroxylation sites is 2. The van der Waals surface area contributed by atoms with Gasteiger partial charge in [0.15, 0.2) is 11.5 Å². The number of piperidine rings is 1. The summed E-state index contributed by atoms with van der Waals surface area (Å²) in [5.41, 5.74) is 0.133. The maximum atomic E-state index is 12.3. The van der Waals surface area contributed by atoms with Crippen LogP contribution in [-0.4, -0.2) is 43.2 Å². The van der Waals surface area contributed by atoms with Gasteiger partial charge in [-0.25, -0.2) is 0 Å². The van der Waals surface area contributed by atoms with E-state index in [1.165, 1.54) is 6.20 Å². The monoisotopic (exact) mass is 327 g/mol. The van der Waals surface area contributed by atoms with Crippen molar-refractivity contribution < 1.29 is 14.3 Å². The first-order valence-corrected chi connectivity index (χ1v) is 8.29. The summed E-state index contributed by atoms with van der Waals surface area (Å²) in [7, 11) is 0. The fourth-order valence-electron chi connectivity index (χ4n) is 2.87. The molecule has 0 aliphatic carbocycles. The van der Waals surface area contributed by atoms with E-state index >= 15 is 0 Å². The normalized spacial score (nSPS) is 20.2. The number of nitrogens with zero attached hydrogens (tertiary/aromatic N) is 2. The molecule has 6 nitrogen and oxygen atoms in total. The zero-order valence-electron chi connectivity index (χ0n) is 13.5. The van der Waals surface area contributed by atoms with E-state index in [2.05, 4.69) is 5.32 Å². The number of nitriles is 1. The lowest BCUT2D eigenvalue weighted by atomic mass is 10.1. The molecule has 1 saturated heterocycles. The predicted octanol–water partition coefficient (Wildman–Crippen LogP) is 1.84. The van der Waals surface area contributed by atoms with Crippen LogP contribution in [0.15, 0.2) is 36.0 Å². The molecule has 0 radical (unpaired) electrons. The highest BCUT2D eigenvalue weighted by molar-refractivity contribution is 5.97. The van der Waals surface area contributed by atoms with E-state index in [-0.39, 0.29) is 17.6 Å². The Morgan fingerprint density at radius 1 is 1.29 bits per heavy atom. The fourth-order valence-corrected chi connectivity index (χ4v) is 2.87. The minimum absolute atomic E-state index is 0.133. The molecule has 3 rings (SSSR count). The molecule has 1 aromatic carbocycles. The molecule has 126 valence electrons. The SMILES string of the molecule is N#C/C(=C/NCC1COc2ccccc2O1)C(=O)N1CCCCC1. The van der Waals surface area contributed by atoms with Crippen molar-refractivity contribution in [3.63, 3.8) is 0 Å². The van der Waals surface area contributed by atoms with E-state index in [1.54, 1.807) is 4.90 Å². The Balaban J connectivity index is 1.53. The largest absolute Gasteiger partial charge is 0.486 e. The van der Waals surface area contributed by atoms with Gasteiger partial charge in [0, 0.05) is 19.3 Å². The van der Waals surface area contributed by atoms with E-state index in [0.717, 1.165) is 38.1 Å². The van der Waals surface area contributed by atoms with Crippen molar-refractivity contribution in [2.75, 3.05) is 26.2 Å². The van der Waals surface area contributed by atoms with Crippen LogP contribution in [0.4, 0.5) is 0 Å². The third-order valence-electron chi connectivity index (χ3n) is 4.15. The minimum atomic E-state index is -0.198. The molecule has 2 aliphatic heterocycles. The number of ether oxygens (including phenoxy) is 2. The van der Waals surface area contributed by atoms with Gasteiger partial charge in [-0.1, -0.05) is 12.1 Å². The van der Waals surface area contributed by atoms with Gasteiger partial charge in [-0.15, -0.1) is 0 Å². The Kier molecular flexibility index (Phi) is 5.22. The summed E-state index contributed by atoms with van der Waals surface area (Å²) in [6.45, 7) is 2.36. The van der Waals surface area contributed by atoms with Crippen LogP contribution < -0.4 is 14.8 Å². The summed E-state index contributed by atoms with van der Waals surface area (Å²) in [6.07, 6.45) is 4.48. The van der Waals surface area contributed by atoms with Gasteiger partial charge in [-0.05, 0) is 31.4 Å². The topological polar surface area (TPSA) is 74.6 Å². The molecule has 1 aromatic rings. The zero-order valence-corrected chi connectivity index (χ0v) is 13.5. The number of carbonyl (C=O) groups excluding carboxylic acids is 1. The van der Waals surface area contributed by atoms with Crippen LogP contribution in [0.3, 0.4) is 0 Å². The van der Waals surface area contributed by atoms with Crippen LogP contribution in [0.5, 0.6) is 11.5 Å². The lowest BCUT2D eigenvalue weighted by Crippen LogP contribution is -2.38. The first kappa shape index (κ1) is 16.2. The van der Waals surface area contributed by atoms with Gasteiger partial charge in [0.25, 0.3) is 5.91 Å². The average Bonchev–Trinajstić information content (AvgIpc) is 2.65. The first-order chi connectivity index (χ1) is 11.8. The molecule has 1 atom stereocenters. The smallest absolute Gasteiger partial charge is 0.265 e. The Bertz CT molecular complexity index is 660. The van der Waals surface area contributed by atoms with Crippen LogP contribution in [0.1, 0.15) is 19.3 Å². The molecule has 2 heterocycles. The fraction of sp³-hybridized carbons (Fsp3) is 0.444. The molecule has 0 saturated carbocycles. The summed E-state index contributed by atoms with van der Waals surface area (Å²) >= 11 is 0. The van der Waals surface area contributed by atoms with Crippen LogP contribution in [0.25, 0.3) is 0 Å². The second kappa shape index (κ2) is 7.73. The third kappa shape index (κ3) is 3.80. The summed E-state index contributed by atoms with van der Waals surface area (Å²) in [4.78, 5) is 14.1. The molecule has 1 fully saturated rings. The molecule has 6 heteroatoms. The van der Waals surface area contributed by atoms with Crippen LogP contribution in [0.2, 0.25) is 0 Å². The Labute approximate surface area is 141 Å². The van der Waals surface area contributed by atoms with Crippen molar-refractivity contribution >= 4 is 5.91 Å². The van der Waals surface area contributed by atoms with Crippen molar-refractivity contribution in [2.24, 2.45) is 0 Å². The number of hydrogen-bond acceptors (Lipinski definition) is 5. The van der Waals surface area contributed by atoms with E-state index in [9.17, 15) is 10.1 Å².